The Morgan fingerprint density at radius 3 is 2.61 bits per heavy atom. The molecule has 0 aliphatic carbocycles. The van der Waals surface area contributed by atoms with E-state index < -0.39 is 0 Å². The molecule has 0 aliphatic rings. The number of rotatable bonds is 2. The highest BCUT2D eigenvalue weighted by Gasteiger charge is 2.10. The van der Waals surface area contributed by atoms with Gasteiger partial charge in [0.05, 0.1) is 0 Å². The van der Waals surface area contributed by atoms with Crippen molar-refractivity contribution in [1.82, 2.24) is 4.98 Å². The molecule has 92 valence electrons. The van der Waals surface area contributed by atoms with Gasteiger partial charge in [-0.1, -0.05) is 18.2 Å². The lowest BCUT2D eigenvalue weighted by Gasteiger charge is -2.09. The Kier molecular flexibility index (Phi) is 3.96. The third-order valence-corrected chi connectivity index (χ3v) is 3.26. The van der Waals surface area contributed by atoms with Crippen molar-refractivity contribution in [3.8, 4) is 0 Å². The Morgan fingerprint density at radius 1 is 1.22 bits per heavy atom. The minimum Gasteiger partial charge on any atom is -0.306 e. The first-order valence-electron chi connectivity index (χ1n) is 5.57. The van der Waals surface area contributed by atoms with E-state index in [1.165, 1.54) is 0 Å². The number of nitrogens with zero attached hydrogens (tertiary/aromatic N) is 1. The smallest absolute Gasteiger partial charge is 0.257 e. The predicted octanol–water partition coefficient (Wildman–Crippen LogP) is 3.56. The van der Waals surface area contributed by atoms with Crippen molar-refractivity contribution in [2.75, 3.05) is 5.32 Å². The Balaban J connectivity index is 2.24. The highest BCUT2D eigenvalue weighted by Crippen LogP contribution is 2.16. The van der Waals surface area contributed by atoms with Crippen molar-refractivity contribution in [2.45, 2.75) is 13.8 Å². The van der Waals surface area contributed by atoms with E-state index in [0.717, 1.165) is 14.7 Å². The van der Waals surface area contributed by atoms with Gasteiger partial charge in [-0.05, 0) is 59.7 Å². The molecule has 0 aliphatic heterocycles. The van der Waals surface area contributed by atoms with Gasteiger partial charge < -0.3 is 5.32 Å². The molecule has 2 rings (SSSR count). The number of carbonyl (C=O) groups is 1. The van der Waals surface area contributed by atoms with Crippen LogP contribution in [-0.2, 0) is 0 Å². The van der Waals surface area contributed by atoms with E-state index in [4.69, 9.17) is 0 Å². The fraction of sp³-hybridized carbons (Fsp3) is 0.143. The Labute approximate surface area is 120 Å². The van der Waals surface area contributed by atoms with E-state index >= 15 is 0 Å². The van der Waals surface area contributed by atoms with Gasteiger partial charge in [-0.3, -0.25) is 4.79 Å². The van der Waals surface area contributed by atoms with Crippen molar-refractivity contribution in [3.63, 3.8) is 0 Å². The first-order valence-corrected chi connectivity index (χ1v) is 6.65. The second-order valence-electron chi connectivity index (χ2n) is 4.09. The highest BCUT2D eigenvalue weighted by molar-refractivity contribution is 14.1. The van der Waals surface area contributed by atoms with Crippen LogP contribution in [0.3, 0.4) is 0 Å². The molecule has 4 heteroatoms. The van der Waals surface area contributed by atoms with E-state index in [1.54, 1.807) is 6.20 Å². The molecule has 3 nitrogen and oxygen atoms in total. The van der Waals surface area contributed by atoms with E-state index in [1.807, 2.05) is 44.2 Å². The molecule has 0 spiro atoms. The summed E-state index contributed by atoms with van der Waals surface area (Å²) in [5.41, 5.74) is 2.60. The summed E-state index contributed by atoms with van der Waals surface area (Å²) in [6.45, 7) is 3.85. The Hall–Kier alpha value is -1.43. The van der Waals surface area contributed by atoms with Crippen LogP contribution in [0.5, 0.6) is 0 Å². The fourth-order valence-electron chi connectivity index (χ4n) is 1.67. The minimum atomic E-state index is -0.120. The lowest BCUT2D eigenvalue weighted by Crippen LogP contribution is -2.15. The molecule has 0 unspecified atom stereocenters. The van der Waals surface area contributed by atoms with Crippen LogP contribution in [0.2, 0.25) is 0 Å². The third kappa shape index (κ3) is 2.87. The zero-order valence-electron chi connectivity index (χ0n) is 10.2. The Bertz CT molecular complexity index is 596. The van der Waals surface area contributed by atoms with Gasteiger partial charge in [0.1, 0.15) is 5.82 Å². The highest BCUT2D eigenvalue weighted by atomic mass is 127. The first-order chi connectivity index (χ1) is 8.58. The van der Waals surface area contributed by atoms with Crippen LogP contribution in [-0.4, -0.2) is 10.9 Å². The number of hydrogen-bond donors (Lipinski definition) is 1. The van der Waals surface area contributed by atoms with E-state index in [-0.39, 0.29) is 5.91 Å². The molecule has 0 fully saturated rings. The summed E-state index contributed by atoms with van der Waals surface area (Å²) in [4.78, 5) is 16.4. The number of pyridine rings is 1. The van der Waals surface area contributed by atoms with Crippen molar-refractivity contribution in [2.24, 2.45) is 0 Å². The lowest BCUT2D eigenvalue weighted by atomic mass is 10.1. The summed E-state index contributed by atoms with van der Waals surface area (Å²) in [6.07, 6.45) is 1.74. The maximum Gasteiger partial charge on any atom is 0.257 e. The summed E-state index contributed by atoms with van der Waals surface area (Å²) >= 11 is 2.20. The van der Waals surface area contributed by atoms with Crippen LogP contribution in [0.1, 0.15) is 21.5 Å². The molecule has 1 N–H and O–H groups in total. The topological polar surface area (TPSA) is 42.0 Å². The Morgan fingerprint density at radius 2 is 1.94 bits per heavy atom. The van der Waals surface area contributed by atoms with Gasteiger partial charge in [0.2, 0.25) is 0 Å². The standard InChI is InChI=1S/C14H13IN2O/c1-9-5-3-4-6-12(9)14(18)17-13-10(2)7-11(15)8-16-13/h3-8H,1-2H3,(H,16,17,18). The number of aromatic nitrogens is 1. The summed E-state index contributed by atoms with van der Waals surface area (Å²) in [5.74, 6) is 0.494. The molecule has 0 saturated carbocycles. The maximum atomic E-state index is 12.1. The largest absolute Gasteiger partial charge is 0.306 e. The molecule has 2 aromatic rings. The number of hydrogen-bond acceptors (Lipinski definition) is 2. The molecule has 1 amide bonds. The van der Waals surface area contributed by atoms with Crippen molar-refractivity contribution < 1.29 is 4.79 Å². The average molecular weight is 352 g/mol. The van der Waals surface area contributed by atoms with Crippen molar-refractivity contribution in [1.29, 1.82) is 0 Å². The van der Waals surface area contributed by atoms with E-state index in [9.17, 15) is 4.79 Å². The van der Waals surface area contributed by atoms with Crippen molar-refractivity contribution >= 4 is 34.3 Å². The molecule has 1 aromatic carbocycles. The van der Waals surface area contributed by atoms with Gasteiger partial charge in [0, 0.05) is 15.3 Å². The number of aryl methyl sites for hydroxylation is 2. The number of halogens is 1. The van der Waals surface area contributed by atoms with Crippen LogP contribution in [0, 0.1) is 17.4 Å². The lowest BCUT2D eigenvalue weighted by molar-refractivity contribution is 0.102. The van der Waals surface area contributed by atoms with Gasteiger partial charge in [-0.15, -0.1) is 0 Å². The summed E-state index contributed by atoms with van der Waals surface area (Å²) in [5, 5.41) is 2.84. The molecule has 0 atom stereocenters. The summed E-state index contributed by atoms with van der Waals surface area (Å²) in [6, 6.07) is 9.49. The fourth-order valence-corrected chi connectivity index (χ4v) is 2.28. The zero-order valence-corrected chi connectivity index (χ0v) is 12.4. The second-order valence-corrected chi connectivity index (χ2v) is 5.33. The number of nitrogens with one attached hydrogen (secondary N) is 1. The molecule has 1 aromatic heterocycles. The normalized spacial score (nSPS) is 10.2. The SMILES string of the molecule is Cc1ccccc1C(=O)Nc1ncc(I)cc1C. The van der Waals surface area contributed by atoms with Gasteiger partial charge in [0.15, 0.2) is 0 Å². The third-order valence-electron chi connectivity index (χ3n) is 2.67. The molecule has 18 heavy (non-hydrogen) atoms. The number of carbonyl (C=O) groups excluding carboxylic acids is 1. The van der Waals surface area contributed by atoms with Gasteiger partial charge in [-0.2, -0.15) is 0 Å². The second kappa shape index (κ2) is 5.48. The van der Waals surface area contributed by atoms with Crippen LogP contribution in [0.15, 0.2) is 36.5 Å². The van der Waals surface area contributed by atoms with E-state index in [2.05, 4.69) is 32.9 Å². The first kappa shape index (κ1) is 13.0. The van der Waals surface area contributed by atoms with Crippen LogP contribution in [0.25, 0.3) is 0 Å². The zero-order chi connectivity index (χ0) is 13.1. The van der Waals surface area contributed by atoms with E-state index in [0.29, 0.717) is 11.4 Å². The molecule has 0 saturated heterocycles. The molecule has 0 bridgehead atoms. The molecular weight excluding hydrogens is 339 g/mol. The van der Waals surface area contributed by atoms with Crippen LogP contribution in [0.4, 0.5) is 5.82 Å². The number of amides is 1. The van der Waals surface area contributed by atoms with Gasteiger partial charge in [-0.25, -0.2) is 4.98 Å². The number of benzene rings is 1. The maximum absolute atomic E-state index is 12.1. The monoisotopic (exact) mass is 352 g/mol. The minimum absolute atomic E-state index is 0.120. The average Bonchev–Trinajstić information content (AvgIpc) is 2.33. The van der Waals surface area contributed by atoms with Crippen LogP contribution < -0.4 is 5.32 Å². The quantitative estimate of drug-likeness (QED) is 0.840. The van der Waals surface area contributed by atoms with Crippen LogP contribution >= 0.6 is 22.6 Å². The molecular formula is C14H13IN2O. The summed E-state index contributed by atoms with van der Waals surface area (Å²) < 4.78 is 1.05. The molecule has 0 radical (unpaired) electrons. The summed E-state index contributed by atoms with van der Waals surface area (Å²) in [7, 11) is 0. The number of anilines is 1. The van der Waals surface area contributed by atoms with Crippen molar-refractivity contribution in [3.05, 3.63) is 56.8 Å². The molecule has 1 heterocycles. The van der Waals surface area contributed by atoms with Gasteiger partial charge in [0.25, 0.3) is 5.91 Å². The predicted molar refractivity (Wildman–Crippen MR) is 80.8 cm³/mol. The van der Waals surface area contributed by atoms with Gasteiger partial charge >= 0.3 is 0 Å².